The lowest BCUT2D eigenvalue weighted by Crippen LogP contribution is -1.77. The molecule has 0 aliphatic heterocycles. The van der Waals surface area contributed by atoms with E-state index in [1.807, 2.05) is 48.5 Å². The molecule has 2 aromatic carbocycles. The Morgan fingerprint density at radius 2 is 1.11 bits per heavy atom. The highest BCUT2D eigenvalue weighted by molar-refractivity contribution is 5.75. The first-order valence-corrected chi connectivity index (χ1v) is 5.65. The van der Waals surface area contributed by atoms with Crippen molar-refractivity contribution in [1.29, 1.82) is 0 Å². The summed E-state index contributed by atoms with van der Waals surface area (Å²) in [6.45, 7) is 7.23. The Hall–Kier alpha value is -2.41. The Morgan fingerprint density at radius 1 is 0.667 bits per heavy atom. The van der Waals surface area contributed by atoms with E-state index in [4.69, 9.17) is 0 Å². The van der Waals surface area contributed by atoms with Gasteiger partial charge < -0.3 is 0 Å². The molecule has 0 aliphatic carbocycles. The maximum atomic E-state index is 10.2. The maximum Gasteiger partial charge on any atom is 0.150 e. The fraction of sp³-hybridized carbons (Fsp3) is 0. The molecule has 0 bridgehead atoms. The molecular formula is C17H16O. The second kappa shape index (κ2) is 7.80. The zero-order chi connectivity index (χ0) is 13.2. The molecule has 0 aromatic heterocycles. The predicted molar refractivity (Wildman–Crippen MR) is 78.5 cm³/mol. The van der Waals surface area contributed by atoms with Crippen LogP contribution in [0, 0.1) is 0 Å². The van der Waals surface area contributed by atoms with Crippen LogP contribution in [0.1, 0.15) is 21.5 Å². The number of carbonyl (C=O) groups excluding carboxylic acids is 1. The van der Waals surface area contributed by atoms with Gasteiger partial charge in [0.1, 0.15) is 6.29 Å². The van der Waals surface area contributed by atoms with Gasteiger partial charge >= 0.3 is 0 Å². The van der Waals surface area contributed by atoms with E-state index in [0.717, 1.165) is 11.8 Å². The third-order valence-corrected chi connectivity index (χ3v) is 2.34. The van der Waals surface area contributed by atoms with Crippen LogP contribution in [0.25, 0.3) is 12.2 Å². The lowest BCUT2D eigenvalue weighted by Gasteiger charge is -1.90. The summed E-state index contributed by atoms with van der Waals surface area (Å²) in [5, 5.41) is 0. The summed E-state index contributed by atoms with van der Waals surface area (Å²) in [7, 11) is 0. The molecule has 0 N–H and O–H groups in total. The number of benzene rings is 2. The first-order valence-electron chi connectivity index (χ1n) is 5.65. The number of hydrogen-bond acceptors (Lipinski definition) is 1. The predicted octanol–water partition coefficient (Wildman–Crippen LogP) is 4.47. The van der Waals surface area contributed by atoms with Crippen molar-refractivity contribution in [2.45, 2.75) is 0 Å². The first kappa shape index (κ1) is 13.7. The molecule has 2 rings (SSSR count). The smallest absolute Gasteiger partial charge is 0.150 e. The normalized spacial score (nSPS) is 8.67. The minimum Gasteiger partial charge on any atom is -0.298 e. The Morgan fingerprint density at radius 3 is 1.50 bits per heavy atom. The van der Waals surface area contributed by atoms with E-state index in [2.05, 4.69) is 13.2 Å². The summed E-state index contributed by atoms with van der Waals surface area (Å²) in [4.78, 5) is 10.2. The highest BCUT2D eigenvalue weighted by Gasteiger charge is 1.86. The van der Waals surface area contributed by atoms with E-state index in [9.17, 15) is 4.79 Å². The van der Waals surface area contributed by atoms with E-state index in [1.54, 1.807) is 18.2 Å². The van der Waals surface area contributed by atoms with Gasteiger partial charge in [0.25, 0.3) is 0 Å². The van der Waals surface area contributed by atoms with Crippen molar-refractivity contribution >= 4 is 18.4 Å². The van der Waals surface area contributed by atoms with Gasteiger partial charge in [-0.2, -0.15) is 0 Å². The van der Waals surface area contributed by atoms with Crippen LogP contribution in [0.3, 0.4) is 0 Å². The zero-order valence-electron chi connectivity index (χ0n) is 10.3. The van der Waals surface area contributed by atoms with Gasteiger partial charge in [-0.3, -0.25) is 4.79 Å². The van der Waals surface area contributed by atoms with E-state index >= 15 is 0 Å². The summed E-state index contributed by atoms with van der Waals surface area (Å²) in [6.07, 6.45) is 4.40. The summed E-state index contributed by atoms with van der Waals surface area (Å²) in [6, 6.07) is 17.3. The molecule has 0 amide bonds. The molecule has 0 unspecified atom stereocenters. The molecule has 90 valence electrons. The lowest BCUT2D eigenvalue weighted by atomic mass is 10.1. The third kappa shape index (κ3) is 4.62. The zero-order valence-corrected chi connectivity index (χ0v) is 10.3. The summed E-state index contributed by atoms with van der Waals surface area (Å²) in [5.74, 6) is 0. The molecule has 18 heavy (non-hydrogen) atoms. The molecule has 1 heteroatoms. The van der Waals surface area contributed by atoms with Crippen molar-refractivity contribution in [2.24, 2.45) is 0 Å². The molecule has 0 aliphatic rings. The molecule has 0 atom stereocenters. The van der Waals surface area contributed by atoms with Gasteiger partial charge in [0.2, 0.25) is 0 Å². The topological polar surface area (TPSA) is 17.1 Å². The van der Waals surface area contributed by atoms with Crippen molar-refractivity contribution in [3.63, 3.8) is 0 Å². The van der Waals surface area contributed by atoms with Gasteiger partial charge in [-0.15, -0.1) is 0 Å². The average molecular weight is 236 g/mol. The second-order valence-electron chi connectivity index (χ2n) is 3.60. The SMILES string of the molecule is C=Cc1ccc(C=O)cc1.C=Cc1ccccc1. The Bertz CT molecular complexity index is 468. The minimum absolute atomic E-state index is 0.700. The molecule has 1 nitrogen and oxygen atoms in total. The molecule has 0 spiro atoms. The van der Waals surface area contributed by atoms with E-state index in [1.165, 1.54) is 5.56 Å². The van der Waals surface area contributed by atoms with E-state index in [-0.39, 0.29) is 0 Å². The van der Waals surface area contributed by atoms with Crippen molar-refractivity contribution in [3.05, 3.63) is 84.4 Å². The van der Waals surface area contributed by atoms with Crippen LogP contribution in [0.15, 0.2) is 67.8 Å². The molecule has 0 radical (unpaired) electrons. The first-order chi connectivity index (χ1) is 8.80. The third-order valence-electron chi connectivity index (χ3n) is 2.34. The van der Waals surface area contributed by atoms with E-state index < -0.39 is 0 Å². The van der Waals surface area contributed by atoms with Crippen molar-refractivity contribution in [2.75, 3.05) is 0 Å². The minimum atomic E-state index is 0.700. The van der Waals surface area contributed by atoms with Gasteiger partial charge in [0, 0.05) is 5.56 Å². The molecule has 0 heterocycles. The van der Waals surface area contributed by atoms with Crippen LogP contribution in [0.2, 0.25) is 0 Å². The lowest BCUT2D eigenvalue weighted by molar-refractivity contribution is 0.112. The van der Waals surface area contributed by atoms with Crippen LogP contribution in [-0.4, -0.2) is 6.29 Å². The average Bonchev–Trinajstić information content (AvgIpc) is 2.49. The fourth-order valence-electron chi connectivity index (χ4n) is 1.30. The van der Waals surface area contributed by atoms with E-state index in [0.29, 0.717) is 5.56 Å². The van der Waals surface area contributed by atoms with Crippen LogP contribution in [-0.2, 0) is 0 Å². The van der Waals surface area contributed by atoms with Crippen molar-refractivity contribution in [1.82, 2.24) is 0 Å². The molecule has 0 saturated heterocycles. The Kier molecular flexibility index (Phi) is 5.91. The summed E-state index contributed by atoms with van der Waals surface area (Å²) >= 11 is 0. The Labute approximate surface area is 108 Å². The van der Waals surface area contributed by atoms with Gasteiger partial charge in [0.05, 0.1) is 0 Å². The summed E-state index contributed by atoms with van der Waals surface area (Å²) in [5.41, 5.74) is 2.91. The van der Waals surface area contributed by atoms with Crippen LogP contribution < -0.4 is 0 Å². The molecular weight excluding hydrogens is 220 g/mol. The maximum absolute atomic E-state index is 10.2. The fourth-order valence-corrected chi connectivity index (χ4v) is 1.30. The monoisotopic (exact) mass is 236 g/mol. The van der Waals surface area contributed by atoms with Crippen molar-refractivity contribution < 1.29 is 4.79 Å². The quantitative estimate of drug-likeness (QED) is 0.718. The number of rotatable bonds is 3. The van der Waals surface area contributed by atoms with Gasteiger partial charge in [0.15, 0.2) is 0 Å². The number of aldehydes is 1. The highest BCUT2D eigenvalue weighted by atomic mass is 16.1. The molecule has 0 fully saturated rings. The Balaban J connectivity index is 0.000000184. The van der Waals surface area contributed by atoms with Crippen molar-refractivity contribution in [3.8, 4) is 0 Å². The van der Waals surface area contributed by atoms with Crippen LogP contribution >= 0.6 is 0 Å². The van der Waals surface area contributed by atoms with Gasteiger partial charge in [-0.25, -0.2) is 0 Å². The number of hydrogen-bond donors (Lipinski definition) is 0. The van der Waals surface area contributed by atoms with Gasteiger partial charge in [-0.1, -0.05) is 79.9 Å². The number of carbonyl (C=O) groups is 1. The highest BCUT2D eigenvalue weighted by Crippen LogP contribution is 2.02. The largest absolute Gasteiger partial charge is 0.298 e. The second-order valence-corrected chi connectivity index (χ2v) is 3.60. The summed E-state index contributed by atoms with van der Waals surface area (Å²) < 4.78 is 0. The molecule has 2 aromatic rings. The van der Waals surface area contributed by atoms with Gasteiger partial charge in [-0.05, 0) is 11.1 Å². The van der Waals surface area contributed by atoms with Crippen LogP contribution in [0.4, 0.5) is 0 Å². The standard InChI is InChI=1S/C9H8O.C8H8/c1-2-8-3-5-9(7-10)6-4-8;1-2-8-6-4-3-5-7-8/h2-7H,1H2;2-7H,1H2. The molecule has 0 saturated carbocycles. The van der Waals surface area contributed by atoms with Crippen LogP contribution in [0.5, 0.6) is 0 Å².